The molecule has 0 saturated carbocycles. The Morgan fingerprint density at radius 1 is 1.62 bits per heavy atom. The number of benzene rings is 1. The minimum Gasteiger partial charge on any atom is -0.387 e. The predicted octanol–water partition coefficient (Wildman–Crippen LogP) is 2.81. The number of rotatable bonds is 2. The zero-order chi connectivity index (χ0) is 9.84. The van der Waals surface area contributed by atoms with Gasteiger partial charge in [0.25, 0.3) is 0 Å². The molecule has 1 rings (SSSR count). The highest BCUT2D eigenvalue weighted by Gasteiger charge is 2.08. The molecule has 0 amide bonds. The first-order valence-corrected chi connectivity index (χ1v) is 4.82. The normalized spacial score (nSPS) is 12.2. The number of aliphatic hydroxyl groups is 1. The summed E-state index contributed by atoms with van der Waals surface area (Å²) in [5.41, 5.74) is 1.96. The summed E-state index contributed by atoms with van der Waals surface area (Å²) >= 11 is 3.35. The van der Waals surface area contributed by atoms with Gasteiger partial charge in [0.15, 0.2) is 0 Å². The molecule has 1 atom stereocenters. The summed E-state index contributed by atoms with van der Waals surface area (Å²) in [6, 6.07) is 5.80. The minimum atomic E-state index is -0.553. The fourth-order valence-electron chi connectivity index (χ4n) is 1.19. The predicted molar refractivity (Wildman–Crippen MR) is 57.3 cm³/mol. The Labute approximate surface area is 86.9 Å². The van der Waals surface area contributed by atoms with Crippen molar-refractivity contribution in [2.24, 2.45) is 0 Å². The SMILES string of the molecule is C#CCC(O)c1cc(Br)ccc1C. The van der Waals surface area contributed by atoms with Gasteiger partial charge in [0.2, 0.25) is 0 Å². The molecular formula is C11H11BrO. The molecule has 0 radical (unpaired) electrons. The lowest BCUT2D eigenvalue weighted by molar-refractivity contribution is 0.183. The van der Waals surface area contributed by atoms with Crippen LogP contribution in [0.1, 0.15) is 23.7 Å². The molecule has 0 fully saturated rings. The van der Waals surface area contributed by atoms with E-state index in [-0.39, 0.29) is 0 Å². The van der Waals surface area contributed by atoms with Gasteiger partial charge >= 0.3 is 0 Å². The van der Waals surface area contributed by atoms with E-state index < -0.39 is 6.10 Å². The molecular weight excluding hydrogens is 228 g/mol. The summed E-state index contributed by atoms with van der Waals surface area (Å²) in [6.45, 7) is 1.96. The molecule has 68 valence electrons. The molecule has 0 aromatic heterocycles. The molecule has 0 heterocycles. The van der Waals surface area contributed by atoms with Gasteiger partial charge < -0.3 is 5.11 Å². The average molecular weight is 239 g/mol. The van der Waals surface area contributed by atoms with Gasteiger partial charge in [-0.25, -0.2) is 0 Å². The molecule has 0 saturated heterocycles. The van der Waals surface area contributed by atoms with Crippen LogP contribution in [0, 0.1) is 19.3 Å². The molecule has 1 unspecified atom stereocenters. The zero-order valence-corrected chi connectivity index (χ0v) is 9.01. The third kappa shape index (κ3) is 2.58. The molecule has 2 heteroatoms. The largest absolute Gasteiger partial charge is 0.387 e. The van der Waals surface area contributed by atoms with Gasteiger partial charge in [-0.1, -0.05) is 22.0 Å². The van der Waals surface area contributed by atoms with E-state index in [4.69, 9.17) is 6.42 Å². The van der Waals surface area contributed by atoms with Crippen LogP contribution in [-0.2, 0) is 0 Å². The molecule has 1 N–H and O–H groups in total. The van der Waals surface area contributed by atoms with E-state index in [1.54, 1.807) is 0 Å². The van der Waals surface area contributed by atoms with Crippen molar-refractivity contribution in [1.82, 2.24) is 0 Å². The molecule has 0 aliphatic rings. The quantitative estimate of drug-likeness (QED) is 0.787. The lowest BCUT2D eigenvalue weighted by Crippen LogP contribution is -1.98. The van der Waals surface area contributed by atoms with E-state index >= 15 is 0 Å². The maximum absolute atomic E-state index is 9.66. The lowest BCUT2D eigenvalue weighted by Gasteiger charge is -2.11. The van der Waals surface area contributed by atoms with Gasteiger partial charge in [-0.05, 0) is 30.2 Å². The smallest absolute Gasteiger partial charge is 0.0902 e. The molecule has 0 spiro atoms. The fourth-order valence-corrected chi connectivity index (χ4v) is 1.57. The van der Waals surface area contributed by atoms with E-state index in [0.717, 1.165) is 15.6 Å². The van der Waals surface area contributed by atoms with Crippen molar-refractivity contribution in [1.29, 1.82) is 0 Å². The average Bonchev–Trinajstić information content (AvgIpc) is 2.09. The van der Waals surface area contributed by atoms with Crippen LogP contribution in [0.4, 0.5) is 0 Å². The van der Waals surface area contributed by atoms with Crippen molar-refractivity contribution < 1.29 is 5.11 Å². The highest BCUT2D eigenvalue weighted by atomic mass is 79.9. The third-order valence-corrected chi connectivity index (χ3v) is 2.40. The number of aliphatic hydroxyl groups excluding tert-OH is 1. The van der Waals surface area contributed by atoms with E-state index in [9.17, 15) is 5.11 Å². The molecule has 0 bridgehead atoms. The van der Waals surface area contributed by atoms with Gasteiger partial charge in [0.05, 0.1) is 6.10 Å². The second-order valence-corrected chi connectivity index (χ2v) is 3.84. The first kappa shape index (κ1) is 10.3. The van der Waals surface area contributed by atoms with E-state index in [1.165, 1.54) is 0 Å². The number of hydrogen-bond acceptors (Lipinski definition) is 1. The Bertz CT molecular complexity index is 338. The van der Waals surface area contributed by atoms with Crippen LogP contribution < -0.4 is 0 Å². The van der Waals surface area contributed by atoms with Crippen molar-refractivity contribution >= 4 is 15.9 Å². The third-order valence-electron chi connectivity index (χ3n) is 1.91. The fraction of sp³-hybridized carbons (Fsp3) is 0.273. The van der Waals surface area contributed by atoms with Crippen molar-refractivity contribution in [3.63, 3.8) is 0 Å². The van der Waals surface area contributed by atoms with E-state index in [1.807, 2.05) is 25.1 Å². The lowest BCUT2D eigenvalue weighted by atomic mass is 10.0. The van der Waals surface area contributed by atoms with Crippen LogP contribution in [0.15, 0.2) is 22.7 Å². The van der Waals surface area contributed by atoms with Gasteiger partial charge in [0, 0.05) is 10.9 Å². The first-order valence-electron chi connectivity index (χ1n) is 4.02. The molecule has 0 aliphatic heterocycles. The summed E-state index contributed by atoms with van der Waals surface area (Å²) in [6.07, 6.45) is 4.94. The van der Waals surface area contributed by atoms with Crippen LogP contribution in [0.5, 0.6) is 0 Å². The standard InChI is InChI=1S/C11H11BrO/c1-3-4-11(13)10-7-9(12)6-5-8(10)2/h1,5-7,11,13H,4H2,2H3. The molecule has 0 aliphatic carbocycles. The monoisotopic (exact) mass is 238 g/mol. The van der Waals surface area contributed by atoms with E-state index in [0.29, 0.717) is 6.42 Å². The summed E-state index contributed by atoms with van der Waals surface area (Å²) in [7, 11) is 0. The molecule has 1 aromatic rings. The van der Waals surface area contributed by atoms with Crippen molar-refractivity contribution in [3.8, 4) is 12.3 Å². The number of halogens is 1. The number of hydrogen-bond donors (Lipinski definition) is 1. The van der Waals surface area contributed by atoms with Crippen LogP contribution >= 0.6 is 15.9 Å². The summed E-state index contributed by atoms with van der Waals surface area (Å²) in [5, 5.41) is 9.66. The van der Waals surface area contributed by atoms with Crippen LogP contribution in [0.25, 0.3) is 0 Å². The highest BCUT2D eigenvalue weighted by Crippen LogP contribution is 2.23. The van der Waals surface area contributed by atoms with Crippen molar-refractivity contribution in [2.75, 3.05) is 0 Å². The molecule has 1 aromatic carbocycles. The summed E-state index contributed by atoms with van der Waals surface area (Å²) in [4.78, 5) is 0. The summed E-state index contributed by atoms with van der Waals surface area (Å²) in [5.74, 6) is 2.45. The summed E-state index contributed by atoms with van der Waals surface area (Å²) < 4.78 is 0.962. The first-order chi connectivity index (χ1) is 6.15. The Morgan fingerprint density at radius 3 is 2.92 bits per heavy atom. The number of aryl methyl sites for hydroxylation is 1. The zero-order valence-electron chi connectivity index (χ0n) is 7.42. The van der Waals surface area contributed by atoms with Crippen molar-refractivity contribution in [3.05, 3.63) is 33.8 Å². The maximum atomic E-state index is 9.66. The van der Waals surface area contributed by atoms with Gasteiger partial charge in [-0.3, -0.25) is 0 Å². The van der Waals surface area contributed by atoms with Crippen LogP contribution in [0.2, 0.25) is 0 Å². The minimum absolute atomic E-state index is 0.358. The Balaban J connectivity index is 3.00. The highest BCUT2D eigenvalue weighted by molar-refractivity contribution is 9.10. The molecule has 1 nitrogen and oxygen atoms in total. The number of terminal acetylenes is 1. The second kappa shape index (κ2) is 4.45. The van der Waals surface area contributed by atoms with E-state index in [2.05, 4.69) is 21.9 Å². The van der Waals surface area contributed by atoms with Gasteiger partial charge in [0.1, 0.15) is 0 Å². The topological polar surface area (TPSA) is 20.2 Å². The maximum Gasteiger partial charge on any atom is 0.0902 e. The van der Waals surface area contributed by atoms with Crippen LogP contribution in [0.3, 0.4) is 0 Å². The Kier molecular flexibility index (Phi) is 3.53. The van der Waals surface area contributed by atoms with Crippen LogP contribution in [-0.4, -0.2) is 5.11 Å². The Morgan fingerprint density at radius 2 is 2.31 bits per heavy atom. The van der Waals surface area contributed by atoms with Gasteiger partial charge in [-0.2, -0.15) is 0 Å². The second-order valence-electron chi connectivity index (χ2n) is 2.92. The van der Waals surface area contributed by atoms with Crippen molar-refractivity contribution in [2.45, 2.75) is 19.4 Å². The molecule has 13 heavy (non-hydrogen) atoms. The van der Waals surface area contributed by atoms with Gasteiger partial charge in [-0.15, -0.1) is 12.3 Å². The Hall–Kier alpha value is -0.780.